The van der Waals surface area contributed by atoms with E-state index in [4.69, 9.17) is 38.4 Å². The Kier molecular flexibility index (Phi) is 16.2. The van der Waals surface area contributed by atoms with Crippen LogP contribution in [-0.4, -0.2) is 83.5 Å². The lowest BCUT2D eigenvalue weighted by Gasteiger charge is -2.60. The summed E-state index contributed by atoms with van der Waals surface area (Å²) >= 11 is 0. The molecule has 5 aromatic carbocycles. The number of carbonyl (C=O) groups is 2. The van der Waals surface area contributed by atoms with Crippen LogP contribution >= 0.6 is 0 Å². The molecule has 0 unspecified atom stereocenters. The second kappa shape index (κ2) is 23.4. The van der Waals surface area contributed by atoms with Gasteiger partial charge in [-0.25, -0.2) is 0 Å². The minimum absolute atomic E-state index is 0.00302. The third-order valence-electron chi connectivity index (χ3n) is 14.4. The molecule has 1 fully saturated rings. The molecule has 1 saturated carbocycles. The summed E-state index contributed by atoms with van der Waals surface area (Å²) in [6.07, 6.45) is 8.57. The number of ether oxygens (including phenoxy) is 6. The second-order valence-electron chi connectivity index (χ2n) is 18.9. The lowest BCUT2D eigenvalue weighted by Crippen LogP contribution is -2.70. The van der Waals surface area contributed by atoms with E-state index in [-0.39, 0.29) is 69.6 Å². The minimum atomic E-state index is -1.64. The number of aliphatic hydroxyl groups excluding tert-OH is 2. The van der Waals surface area contributed by atoms with Crippen LogP contribution in [0, 0.1) is 39.2 Å². The van der Waals surface area contributed by atoms with Crippen molar-refractivity contribution in [3.8, 4) is 40.6 Å². The van der Waals surface area contributed by atoms with Crippen molar-refractivity contribution >= 4 is 23.6 Å². The van der Waals surface area contributed by atoms with Crippen LogP contribution < -0.4 is 23.7 Å². The number of unbranched alkanes of at least 4 members (excludes halogenated alkanes) is 2. The molecule has 6 atom stereocenters. The maximum Gasteiger partial charge on any atom is 0.269 e. The molecule has 0 bridgehead atoms. The number of aldehydes is 1. The number of nitro groups is 1. The van der Waals surface area contributed by atoms with Crippen molar-refractivity contribution in [3.63, 3.8) is 0 Å². The molecule has 0 saturated heterocycles. The SMILES string of the molecule is C=CCO[C@@]12Oc3ccc(Oc4ccc(OC)c(C=O)c4)cc3[C@H]3[C@H](CCCCO)[C@@H](CCCCO)C=C(C(=NOCc4ccc([N+](=O)[O-])cc4)C[C@@H]1N(Cc1ccc4c(c1)OCO4)C(=O)c1ccc(C#N)cc1)[C@H]32. The number of amides is 1. The number of aliphatic hydroxyl groups is 2. The molecule has 2 aliphatic carbocycles. The van der Waals surface area contributed by atoms with Crippen LogP contribution in [0.15, 0.2) is 133 Å². The van der Waals surface area contributed by atoms with E-state index in [0.29, 0.717) is 107 Å². The third-order valence-corrected chi connectivity index (χ3v) is 14.4. The highest BCUT2D eigenvalue weighted by molar-refractivity contribution is 6.03. The molecule has 17 nitrogen and oxygen atoms in total. The number of allylic oxidation sites excluding steroid dienone is 1. The van der Waals surface area contributed by atoms with Crippen LogP contribution in [-0.2, 0) is 22.7 Å². The maximum atomic E-state index is 15.6. The number of carbonyl (C=O) groups excluding carboxylic acids is 2. The van der Waals surface area contributed by atoms with Gasteiger partial charge >= 0.3 is 0 Å². The highest BCUT2D eigenvalue weighted by Gasteiger charge is 2.65. The van der Waals surface area contributed by atoms with Gasteiger partial charge in [0.2, 0.25) is 12.6 Å². The van der Waals surface area contributed by atoms with E-state index in [1.807, 2.05) is 24.3 Å². The molecule has 2 heterocycles. The van der Waals surface area contributed by atoms with Gasteiger partial charge < -0.3 is 48.4 Å². The first kappa shape index (κ1) is 51.8. The molecule has 4 aliphatic rings. The standard InChI is InChI=1S/C58H58N4O13/c1-3-26-72-58-54(61(57(66)40-15-10-37(32-59)11-16-40)33-39-14-21-52-53(27-39)71-36-70-52)31-49(60-73-35-38-12-17-43(18-13-38)62(67)68)47-29-41(8-4-6-24-63)46(9-5-7-25-64)55(56(47)58)48-30-45(20-23-51(48)75-58)74-44-19-22-50(69-2)42(28-44)34-65/h3,10-23,27-30,34,41,46,54-56,63-64H,1,4-9,24-26,31,33,35-36H2,2H3/t41-,46+,54-,55+,56+,58+/m0/s1. The topological polar surface area (TPSA) is 222 Å². The largest absolute Gasteiger partial charge is 0.496 e. The van der Waals surface area contributed by atoms with Gasteiger partial charge in [-0.3, -0.25) is 19.7 Å². The Morgan fingerprint density at radius 2 is 1.64 bits per heavy atom. The van der Waals surface area contributed by atoms with Gasteiger partial charge in [-0.2, -0.15) is 5.26 Å². The average molecular weight is 1020 g/mol. The number of benzene rings is 5. The van der Waals surface area contributed by atoms with E-state index in [1.54, 1.807) is 77.7 Å². The van der Waals surface area contributed by atoms with Crippen molar-refractivity contribution < 1.29 is 58.0 Å². The molecular weight excluding hydrogens is 961 g/mol. The number of nitrogens with zero attached hydrogens (tertiary/aromatic N) is 4. The van der Waals surface area contributed by atoms with Crippen molar-refractivity contribution in [3.05, 3.63) is 171 Å². The lowest BCUT2D eigenvalue weighted by atomic mass is 9.55. The van der Waals surface area contributed by atoms with Gasteiger partial charge in [-0.05, 0) is 139 Å². The average Bonchev–Trinajstić information content (AvgIpc) is 3.94. The van der Waals surface area contributed by atoms with Crippen LogP contribution in [0.25, 0.3) is 0 Å². The van der Waals surface area contributed by atoms with E-state index in [1.165, 1.54) is 19.2 Å². The first-order valence-corrected chi connectivity index (χ1v) is 25.1. The summed E-state index contributed by atoms with van der Waals surface area (Å²) < 4.78 is 38.1. The Balaban J connectivity index is 1.26. The molecule has 0 spiro atoms. The molecule has 17 heteroatoms. The van der Waals surface area contributed by atoms with E-state index in [2.05, 4.69) is 18.7 Å². The van der Waals surface area contributed by atoms with Crippen LogP contribution in [0.5, 0.6) is 34.5 Å². The molecule has 2 aliphatic heterocycles. The number of nitro benzene ring substituents is 1. The molecule has 5 aromatic rings. The van der Waals surface area contributed by atoms with E-state index >= 15 is 4.79 Å². The zero-order valence-corrected chi connectivity index (χ0v) is 41.5. The van der Waals surface area contributed by atoms with Crippen LogP contribution in [0.1, 0.15) is 93.8 Å². The number of oxime groups is 1. The highest BCUT2D eigenvalue weighted by Crippen LogP contribution is 2.62. The summed E-state index contributed by atoms with van der Waals surface area (Å²) in [6.45, 7) is 4.15. The molecule has 2 N–H and O–H groups in total. The molecule has 0 radical (unpaired) electrons. The van der Waals surface area contributed by atoms with Gasteiger partial charge in [0.05, 0.1) is 47.5 Å². The lowest BCUT2D eigenvalue weighted by molar-refractivity contribution is -0.384. The third kappa shape index (κ3) is 11.0. The first-order valence-electron chi connectivity index (χ1n) is 25.1. The highest BCUT2D eigenvalue weighted by atomic mass is 16.7. The van der Waals surface area contributed by atoms with Gasteiger partial charge in [-0.15, -0.1) is 6.58 Å². The van der Waals surface area contributed by atoms with Crippen molar-refractivity contribution in [2.24, 2.45) is 22.9 Å². The summed E-state index contributed by atoms with van der Waals surface area (Å²) in [7, 11) is 1.49. The summed E-state index contributed by atoms with van der Waals surface area (Å²) in [5.41, 5.74) is 4.41. The minimum Gasteiger partial charge on any atom is -0.496 e. The Morgan fingerprint density at radius 1 is 0.920 bits per heavy atom. The smallest absolute Gasteiger partial charge is 0.269 e. The number of rotatable bonds is 23. The molecule has 388 valence electrons. The summed E-state index contributed by atoms with van der Waals surface area (Å²) in [5, 5.41) is 46.4. The Morgan fingerprint density at radius 3 is 2.36 bits per heavy atom. The van der Waals surface area contributed by atoms with Gasteiger partial charge in [0.1, 0.15) is 35.6 Å². The zero-order valence-electron chi connectivity index (χ0n) is 41.5. The summed E-state index contributed by atoms with van der Waals surface area (Å²) in [6, 6.07) is 29.8. The molecule has 9 rings (SSSR count). The van der Waals surface area contributed by atoms with E-state index in [0.717, 1.165) is 16.7 Å². The van der Waals surface area contributed by atoms with Crippen molar-refractivity contribution in [1.29, 1.82) is 5.26 Å². The quantitative estimate of drug-likeness (QED) is 0.0204. The number of fused-ring (bicyclic) bond motifs is 3. The van der Waals surface area contributed by atoms with E-state index < -0.39 is 28.6 Å². The number of nitriles is 1. The Labute approximate surface area is 434 Å². The Hall–Kier alpha value is -8.04. The fourth-order valence-electron chi connectivity index (χ4n) is 11.0. The van der Waals surface area contributed by atoms with Gasteiger partial charge in [0, 0.05) is 55.4 Å². The van der Waals surface area contributed by atoms with Crippen molar-refractivity contribution in [2.45, 2.75) is 75.8 Å². The molecule has 0 aromatic heterocycles. The normalized spacial score (nSPS) is 21.3. The summed E-state index contributed by atoms with van der Waals surface area (Å²) in [4.78, 5) is 46.7. The fourth-order valence-corrected chi connectivity index (χ4v) is 11.0. The molecule has 1 amide bonds. The fraction of sp³-hybridized carbons (Fsp3) is 0.345. The van der Waals surface area contributed by atoms with Crippen LogP contribution in [0.4, 0.5) is 5.69 Å². The number of methoxy groups -OCH3 is 1. The molecular formula is C58H58N4O13. The monoisotopic (exact) mass is 1020 g/mol. The number of hydrogen-bond acceptors (Lipinski definition) is 15. The second-order valence-corrected chi connectivity index (χ2v) is 18.9. The number of non-ortho nitro benzene ring substituents is 1. The van der Waals surface area contributed by atoms with E-state index in [9.17, 15) is 30.4 Å². The van der Waals surface area contributed by atoms with Crippen LogP contribution in [0.2, 0.25) is 0 Å². The van der Waals surface area contributed by atoms with Crippen LogP contribution in [0.3, 0.4) is 0 Å². The van der Waals surface area contributed by atoms with Crippen molar-refractivity contribution in [2.75, 3.05) is 33.7 Å². The van der Waals surface area contributed by atoms with Crippen molar-refractivity contribution in [1.82, 2.24) is 4.90 Å². The predicted molar refractivity (Wildman–Crippen MR) is 275 cm³/mol. The van der Waals surface area contributed by atoms with Gasteiger partial charge in [0.25, 0.3) is 11.6 Å². The first-order chi connectivity index (χ1) is 36.6. The zero-order chi connectivity index (χ0) is 52.5. The maximum absolute atomic E-state index is 15.6. The number of hydrogen-bond donors (Lipinski definition) is 2. The summed E-state index contributed by atoms with van der Waals surface area (Å²) in [5.74, 6) is -0.481. The Bertz CT molecular complexity index is 3010. The van der Waals surface area contributed by atoms with Gasteiger partial charge in [-0.1, -0.05) is 36.2 Å². The predicted octanol–water partition coefficient (Wildman–Crippen LogP) is 9.98. The molecule has 75 heavy (non-hydrogen) atoms. The van der Waals surface area contributed by atoms with Gasteiger partial charge in [0.15, 0.2) is 17.8 Å².